The quantitative estimate of drug-likeness (QED) is 0.126. The number of hydrogen-bond donors (Lipinski definition) is 0. The highest BCUT2D eigenvalue weighted by Crippen LogP contribution is 2.49. The van der Waals surface area contributed by atoms with Gasteiger partial charge in [-0.2, -0.15) is 0 Å². The van der Waals surface area contributed by atoms with E-state index in [9.17, 15) is 0 Å². The molecule has 0 aliphatic heterocycles. The molecular weight excluding hydrogens is 713 g/mol. The molecule has 0 bridgehead atoms. The second-order valence-electron chi connectivity index (χ2n) is 14.7. The number of benzene rings is 7. The summed E-state index contributed by atoms with van der Waals surface area (Å²) in [6, 6.07) is 59.2. The van der Waals surface area contributed by atoms with Crippen molar-refractivity contribution < 1.29 is 9.30 Å². The summed E-state index contributed by atoms with van der Waals surface area (Å²) < 4.78 is 17.9. The monoisotopic (exact) mass is 746 g/mol. The van der Waals surface area contributed by atoms with Gasteiger partial charge in [-0.3, -0.25) is 13.7 Å². The van der Waals surface area contributed by atoms with Crippen LogP contribution in [0.4, 0.5) is 0 Å². The summed E-state index contributed by atoms with van der Waals surface area (Å²) >= 11 is 0. The fraction of sp³-hybridized carbons (Fsp3) is 0.0196. The van der Waals surface area contributed by atoms with Crippen LogP contribution < -0.4 is 9.30 Å². The number of aromatic nitrogens is 6. The van der Waals surface area contributed by atoms with Gasteiger partial charge in [0.2, 0.25) is 0 Å². The maximum atomic E-state index is 6.74. The Balaban J connectivity index is 1.15. The van der Waals surface area contributed by atoms with Gasteiger partial charge in [0.1, 0.15) is 17.3 Å². The molecule has 5 heterocycles. The molecule has 0 spiro atoms. The van der Waals surface area contributed by atoms with E-state index in [0.29, 0.717) is 0 Å². The molecule has 274 valence electrons. The van der Waals surface area contributed by atoms with Gasteiger partial charge in [-0.15, -0.1) is 0 Å². The number of nitrogens with zero attached hydrogens (tertiary/aromatic N) is 6. The van der Waals surface area contributed by atoms with Crippen molar-refractivity contribution in [1.82, 2.24) is 23.3 Å². The van der Waals surface area contributed by atoms with Gasteiger partial charge < -0.3 is 13.9 Å². The van der Waals surface area contributed by atoms with Crippen molar-refractivity contribution in [2.24, 2.45) is 7.05 Å². The number of ether oxygens (including phenoxy) is 1. The lowest BCUT2D eigenvalue weighted by Gasteiger charge is -2.13. The molecule has 0 aliphatic carbocycles. The van der Waals surface area contributed by atoms with E-state index >= 15 is 0 Å². The molecule has 5 aromatic heterocycles. The van der Waals surface area contributed by atoms with Crippen LogP contribution in [0.25, 0.3) is 88.3 Å². The zero-order chi connectivity index (χ0) is 38.3. The first-order chi connectivity index (χ1) is 28.7. The molecule has 12 rings (SSSR count). The molecule has 7 nitrogen and oxygen atoms in total. The molecule has 0 fully saturated rings. The molecule has 58 heavy (non-hydrogen) atoms. The highest BCUT2D eigenvalue weighted by atomic mass is 16.5. The zero-order valence-corrected chi connectivity index (χ0v) is 31.5. The van der Waals surface area contributed by atoms with Crippen molar-refractivity contribution in [3.8, 4) is 34.4 Å². The third kappa shape index (κ3) is 4.74. The minimum atomic E-state index is 0.730. The number of aryl methyl sites for hydroxylation is 1. The normalized spacial score (nSPS) is 11.9. The first kappa shape index (κ1) is 32.4. The molecule has 12 aromatic rings. The van der Waals surface area contributed by atoms with Crippen molar-refractivity contribution in [2.75, 3.05) is 0 Å². The Morgan fingerprint density at radius 2 is 1.17 bits per heavy atom. The Kier molecular flexibility index (Phi) is 7.01. The van der Waals surface area contributed by atoms with Crippen molar-refractivity contribution in [3.05, 3.63) is 195 Å². The van der Waals surface area contributed by atoms with Crippen LogP contribution in [0, 0.1) is 6.33 Å². The second-order valence-corrected chi connectivity index (χ2v) is 14.7. The predicted molar refractivity (Wildman–Crippen MR) is 233 cm³/mol. The van der Waals surface area contributed by atoms with Gasteiger partial charge in [-0.25, -0.2) is 4.98 Å². The topological polar surface area (TPSA) is 45.7 Å². The van der Waals surface area contributed by atoms with Crippen molar-refractivity contribution in [2.45, 2.75) is 0 Å². The first-order valence-corrected chi connectivity index (χ1v) is 19.4. The van der Waals surface area contributed by atoms with E-state index in [-0.39, 0.29) is 0 Å². The summed E-state index contributed by atoms with van der Waals surface area (Å²) in [7, 11) is 2.20. The number of fused-ring (bicyclic) bond motifs is 12. The summed E-state index contributed by atoms with van der Waals surface area (Å²) in [5.74, 6) is 2.30. The maximum Gasteiger partial charge on any atom is 0.268 e. The molecule has 0 aliphatic rings. The molecule has 0 N–H and O–H groups in total. The largest absolute Gasteiger partial charge is 0.458 e. The van der Waals surface area contributed by atoms with E-state index < -0.39 is 0 Å². The average molecular weight is 747 g/mol. The molecule has 0 saturated carbocycles. The third-order valence-electron chi connectivity index (χ3n) is 11.5. The Labute approximate surface area is 333 Å². The average Bonchev–Trinajstić information content (AvgIpc) is 4.06. The van der Waals surface area contributed by atoms with Crippen LogP contribution >= 0.6 is 0 Å². The highest BCUT2D eigenvalue weighted by Gasteiger charge is 2.28. The van der Waals surface area contributed by atoms with E-state index in [4.69, 9.17) is 9.72 Å². The van der Waals surface area contributed by atoms with Crippen LogP contribution in [0.2, 0.25) is 0 Å². The lowest BCUT2D eigenvalue weighted by atomic mass is 10.0. The van der Waals surface area contributed by atoms with E-state index in [1.54, 1.807) is 0 Å². The summed E-state index contributed by atoms with van der Waals surface area (Å²) in [5, 5.41) is 7.18. The smallest absolute Gasteiger partial charge is 0.268 e. The molecule has 0 saturated heterocycles. The van der Waals surface area contributed by atoms with Gasteiger partial charge in [0.25, 0.3) is 6.33 Å². The number of rotatable bonds is 6. The molecule has 0 amide bonds. The SMILES string of the molecule is Cn1c2ccccc2c2c3c4ccc(Oc5cccc(-[n+]6[c-]n(-c7ccccc7)cc6)c5)cc4n(-c4ccccn4)c3c3c(c4ccccc4n3-c3ccccc3)c21. The Morgan fingerprint density at radius 3 is 1.97 bits per heavy atom. The third-order valence-corrected chi connectivity index (χ3v) is 11.5. The van der Waals surface area contributed by atoms with Crippen LogP contribution in [0.3, 0.4) is 0 Å². The number of hydrogen-bond acceptors (Lipinski definition) is 2. The Morgan fingerprint density at radius 1 is 0.517 bits per heavy atom. The highest BCUT2D eigenvalue weighted by molar-refractivity contribution is 6.40. The summed E-state index contributed by atoms with van der Waals surface area (Å²) in [6.45, 7) is 0. The molecule has 7 aromatic carbocycles. The van der Waals surface area contributed by atoms with E-state index in [2.05, 4.69) is 154 Å². The lowest BCUT2D eigenvalue weighted by molar-refractivity contribution is -0.599. The minimum Gasteiger partial charge on any atom is -0.458 e. The van der Waals surface area contributed by atoms with Gasteiger partial charge in [-0.05, 0) is 78.9 Å². The zero-order valence-electron chi connectivity index (χ0n) is 31.5. The summed E-state index contributed by atoms with van der Waals surface area (Å²) in [6.07, 6.45) is 9.32. The van der Waals surface area contributed by atoms with Crippen molar-refractivity contribution in [1.29, 1.82) is 0 Å². The van der Waals surface area contributed by atoms with Crippen molar-refractivity contribution >= 4 is 65.4 Å². The van der Waals surface area contributed by atoms with Crippen LogP contribution in [-0.2, 0) is 7.05 Å². The van der Waals surface area contributed by atoms with Crippen molar-refractivity contribution in [3.63, 3.8) is 0 Å². The lowest BCUT2D eigenvalue weighted by Crippen LogP contribution is -2.28. The summed E-state index contributed by atoms with van der Waals surface area (Å²) in [4.78, 5) is 5.01. The predicted octanol–water partition coefficient (Wildman–Crippen LogP) is 11.6. The van der Waals surface area contributed by atoms with Crippen LogP contribution in [0.5, 0.6) is 11.5 Å². The fourth-order valence-corrected chi connectivity index (χ4v) is 9.05. The summed E-state index contributed by atoms with van der Waals surface area (Å²) in [5.41, 5.74) is 9.89. The Hall–Kier alpha value is -7.90. The maximum absolute atomic E-state index is 6.74. The second kappa shape index (κ2) is 12.6. The molecule has 0 radical (unpaired) electrons. The van der Waals surface area contributed by atoms with E-state index in [1.165, 1.54) is 38.0 Å². The van der Waals surface area contributed by atoms with Gasteiger partial charge in [-0.1, -0.05) is 84.9 Å². The molecular formula is C51H34N6O. The first-order valence-electron chi connectivity index (χ1n) is 19.4. The van der Waals surface area contributed by atoms with Gasteiger partial charge in [0, 0.05) is 75.2 Å². The van der Waals surface area contributed by atoms with Gasteiger partial charge in [0.05, 0.1) is 39.0 Å². The Bertz CT molecular complexity index is 3540. The number of pyridine rings is 1. The molecule has 7 heteroatoms. The van der Waals surface area contributed by atoms with E-state index in [1.807, 2.05) is 70.2 Å². The van der Waals surface area contributed by atoms with Crippen LogP contribution in [0.1, 0.15) is 0 Å². The molecule has 0 unspecified atom stereocenters. The molecule has 0 atom stereocenters. The van der Waals surface area contributed by atoms with E-state index in [0.717, 1.165) is 61.8 Å². The number of para-hydroxylation sites is 4. The standard InChI is InChI=1S/C51H34N6O/c1-53-42-23-10-8-21-39(42)46-47-41-27-26-38(58-37-20-14-19-36(31-37)55-30-29-54(33-55)34-15-4-2-5-16-34)32-44(41)57(45-25-12-13-28-52-45)50(47)51-48(49(46)53)40-22-9-11-24-43(40)56(51)35-17-6-3-7-18-35/h2-32H,1H3. The number of imidazole rings is 1. The van der Waals surface area contributed by atoms with Gasteiger partial charge >= 0.3 is 0 Å². The minimum absolute atomic E-state index is 0.730. The van der Waals surface area contributed by atoms with Crippen LogP contribution in [0.15, 0.2) is 188 Å². The van der Waals surface area contributed by atoms with Crippen LogP contribution in [-0.4, -0.2) is 23.3 Å². The van der Waals surface area contributed by atoms with Gasteiger partial charge in [0.15, 0.2) is 0 Å². The fourth-order valence-electron chi connectivity index (χ4n) is 9.05.